The van der Waals surface area contributed by atoms with Gasteiger partial charge in [0.25, 0.3) is 0 Å². The highest BCUT2D eigenvalue weighted by Gasteiger charge is 2.46. The van der Waals surface area contributed by atoms with Gasteiger partial charge in [0.1, 0.15) is 11.7 Å². The molecule has 88 valence electrons. The largest absolute Gasteiger partial charge is 0.468 e. The van der Waals surface area contributed by atoms with Crippen molar-refractivity contribution in [1.29, 1.82) is 0 Å². The second kappa shape index (κ2) is 4.42. The summed E-state index contributed by atoms with van der Waals surface area (Å²) in [5.74, 6) is -4.21. The standard InChI is InChI=1S/C10H13NO5/c1-5(12)8(10(15)16-3)6-4-7(13)11(2)9(6)14/h6,8H,4H2,1-3H3/t6-,8?/m1/s1. The highest BCUT2D eigenvalue weighted by Crippen LogP contribution is 2.27. The molecule has 0 spiro atoms. The first-order chi connectivity index (χ1) is 7.40. The van der Waals surface area contributed by atoms with Crippen molar-refractivity contribution in [3.8, 4) is 0 Å². The summed E-state index contributed by atoms with van der Waals surface area (Å²) < 4.78 is 4.46. The summed E-state index contributed by atoms with van der Waals surface area (Å²) in [6.45, 7) is 1.21. The van der Waals surface area contributed by atoms with E-state index in [1.165, 1.54) is 14.0 Å². The molecule has 0 aliphatic carbocycles. The zero-order chi connectivity index (χ0) is 12.5. The Hall–Kier alpha value is -1.72. The summed E-state index contributed by atoms with van der Waals surface area (Å²) in [4.78, 5) is 46.5. The molecule has 0 bridgehead atoms. The Labute approximate surface area is 92.5 Å². The molecule has 1 saturated heterocycles. The number of carbonyl (C=O) groups is 4. The third-order valence-corrected chi connectivity index (χ3v) is 2.71. The lowest BCUT2D eigenvalue weighted by Gasteiger charge is -2.16. The summed E-state index contributed by atoms with van der Waals surface area (Å²) in [6.07, 6.45) is -0.116. The number of hydrogen-bond donors (Lipinski definition) is 0. The minimum absolute atomic E-state index is 0.116. The van der Waals surface area contributed by atoms with Crippen molar-refractivity contribution in [2.45, 2.75) is 13.3 Å². The second-order valence-electron chi connectivity index (χ2n) is 3.71. The van der Waals surface area contributed by atoms with Gasteiger partial charge >= 0.3 is 5.97 Å². The van der Waals surface area contributed by atoms with E-state index < -0.39 is 29.5 Å². The van der Waals surface area contributed by atoms with Gasteiger partial charge in [0.15, 0.2) is 0 Å². The molecular weight excluding hydrogens is 214 g/mol. The molecule has 1 rings (SSSR count). The Kier molecular flexibility index (Phi) is 3.41. The monoisotopic (exact) mass is 227 g/mol. The lowest BCUT2D eigenvalue weighted by Crippen LogP contribution is -2.36. The number of carbonyl (C=O) groups excluding carboxylic acids is 4. The summed E-state index contributed by atoms with van der Waals surface area (Å²) in [6, 6.07) is 0. The number of nitrogens with zero attached hydrogens (tertiary/aromatic N) is 1. The van der Waals surface area contributed by atoms with Crippen LogP contribution in [-0.2, 0) is 23.9 Å². The first-order valence-corrected chi connectivity index (χ1v) is 4.78. The number of ether oxygens (including phenoxy) is 1. The number of likely N-dealkylation sites (tertiary alicyclic amines) is 1. The van der Waals surface area contributed by atoms with Crippen LogP contribution in [0.15, 0.2) is 0 Å². The molecular formula is C10H13NO5. The number of Topliss-reactive ketones (excluding diaryl/α,β-unsaturated/α-hetero) is 1. The Morgan fingerprint density at radius 2 is 2.00 bits per heavy atom. The maximum atomic E-state index is 11.6. The molecule has 6 nitrogen and oxygen atoms in total. The molecule has 2 atom stereocenters. The highest BCUT2D eigenvalue weighted by atomic mass is 16.5. The average molecular weight is 227 g/mol. The SMILES string of the molecule is COC(=O)C(C(C)=O)[C@H]1CC(=O)N(C)C1=O. The third kappa shape index (κ3) is 1.95. The summed E-state index contributed by atoms with van der Waals surface area (Å²) in [5, 5.41) is 0. The fourth-order valence-electron chi connectivity index (χ4n) is 1.78. The predicted molar refractivity (Wildman–Crippen MR) is 52.1 cm³/mol. The van der Waals surface area contributed by atoms with Gasteiger partial charge in [-0.25, -0.2) is 0 Å². The van der Waals surface area contributed by atoms with Gasteiger partial charge in [-0.05, 0) is 6.92 Å². The van der Waals surface area contributed by atoms with Crippen LogP contribution in [-0.4, -0.2) is 42.6 Å². The summed E-state index contributed by atoms with van der Waals surface area (Å²) in [7, 11) is 2.47. The van der Waals surface area contributed by atoms with Gasteiger partial charge in [0, 0.05) is 13.5 Å². The number of esters is 1. The molecule has 1 unspecified atom stereocenters. The Bertz CT molecular complexity index is 362. The van der Waals surface area contributed by atoms with E-state index in [1.54, 1.807) is 0 Å². The second-order valence-corrected chi connectivity index (χ2v) is 3.71. The van der Waals surface area contributed by atoms with E-state index in [1.807, 2.05) is 0 Å². The van der Waals surface area contributed by atoms with Crippen molar-refractivity contribution in [1.82, 2.24) is 4.90 Å². The fourth-order valence-corrected chi connectivity index (χ4v) is 1.78. The number of methoxy groups -OCH3 is 1. The normalized spacial score (nSPS) is 22.2. The molecule has 1 fully saturated rings. The van der Waals surface area contributed by atoms with Gasteiger partial charge < -0.3 is 4.74 Å². The summed E-state index contributed by atoms with van der Waals surface area (Å²) in [5.41, 5.74) is 0. The van der Waals surface area contributed by atoms with Crippen LogP contribution in [0.1, 0.15) is 13.3 Å². The van der Waals surface area contributed by atoms with E-state index in [2.05, 4.69) is 4.74 Å². The molecule has 1 aliphatic rings. The minimum atomic E-state index is -1.17. The Morgan fingerprint density at radius 1 is 1.44 bits per heavy atom. The van der Waals surface area contributed by atoms with Gasteiger partial charge in [-0.1, -0.05) is 0 Å². The van der Waals surface area contributed by atoms with Gasteiger partial charge in [0.05, 0.1) is 13.0 Å². The van der Waals surface area contributed by atoms with E-state index in [4.69, 9.17) is 0 Å². The lowest BCUT2D eigenvalue weighted by molar-refractivity contribution is -0.154. The molecule has 16 heavy (non-hydrogen) atoms. The molecule has 0 radical (unpaired) electrons. The van der Waals surface area contributed by atoms with Crippen molar-refractivity contribution < 1.29 is 23.9 Å². The van der Waals surface area contributed by atoms with Crippen LogP contribution in [0.25, 0.3) is 0 Å². The van der Waals surface area contributed by atoms with Crippen LogP contribution in [0.2, 0.25) is 0 Å². The molecule has 6 heteroatoms. The zero-order valence-electron chi connectivity index (χ0n) is 9.35. The van der Waals surface area contributed by atoms with Gasteiger partial charge in [0.2, 0.25) is 11.8 Å². The van der Waals surface area contributed by atoms with E-state index in [0.717, 1.165) is 12.0 Å². The third-order valence-electron chi connectivity index (χ3n) is 2.71. The number of ketones is 1. The predicted octanol–water partition coefficient (Wildman–Crippen LogP) is -0.631. The fraction of sp³-hybridized carbons (Fsp3) is 0.600. The van der Waals surface area contributed by atoms with Crippen molar-refractivity contribution in [2.75, 3.05) is 14.2 Å². The lowest BCUT2D eigenvalue weighted by atomic mass is 9.88. The molecule has 0 aromatic heterocycles. The molecule has 0 aromatic rings. The van der Waals surface area contributed by atoms with Gasteiger partial charge in [-0.2, -0.15) is 0 Å². The number of imide groups is 1. The maximum Gasteiger partial charge on any atom is 0.317 e. The van der Waals surface area contributed by atoms with Gasteiger partial charge in [-0.15, -0.1) is 0 Å². The average Bonchev–Trinajstić information content (AvgIpc) is 2.46. The number of hydrogen-bond acceptors (Lipinski definition) is 5. The van der Waals surface area contributed by atoms with Crippen LogP contribution in [0.3, 0.4) is 0 Å². The first-order valence-electron chi connectivity index (χ1n) is 4.78. The quantitative estimate of drug-likeness (QED) is 0.364. The summed E-state index contributed by atoms with van der Waals surface area (Å²) >= 11 is 0. The van der Waals surface area contributed by atoms with Gasteiger partial charge in [-0.3, -0.25) is 24.1 Å². The topological polar surface area (TPSA) is 80.8 Å². The first kappa shape index (κ1) is 12.4. The molecule has 0 saturated carbocycles. The molecule has 2 amide bonds. The number of amides is 2. The zero-order valence-corrected chi connectivity index (χ0v) is 9.35. The van der Waals surface area contributed by atoms with Crippen LogP contribution < -0.4 is 0 Å². The molecule has 1 heterocycles. The Morgan fingerprint density at radius 3 is 2.31 bits per heavy atom. The van der Waals surface area contributed by atoms with Crippen molar-refractivity contribution >= 4 is 23.6 Å². The van der Waals surface area contributed by atoms with Crippen LogP contribution in [0.4, 0.5) is 0 Å². The van der Waals surface area contributed by atoms with E-state index in [-0.39, 0.29) is 12.3 Å². The van der Waals surface area contributed by atoms with E-state index >= 15 is 0 Å². The molecule has 0 aromatic carbocycles. The highest BCUT2D eigenvalue weighted by molar-refractivity contribution is 6.09. The van der Waals surface area contributed by atoms with Crippen molar-refractivity contribution in [3.05, 3.63) is 0 Å². The smallest absolute Gasteiger partial charge is 0.317 e. The number of rotatable bonds is 3. The van der Waals surface area contributed by atoms with Crippen LogP contribution in [0.5, 0.6) is 0 Å². The molecule has 1 aliphatic heterocycles. The Balaban J connectivity index is 2.98. The van der Waals surface area contributed by atoms with E-state index in [0.29, 0.717) is 0 Å². The minimum Gasteiger partial charge on any atom is -0.468 e. The van der Waals surface area contributed by atoms with Crippen LogP contribution in [0, 0.1) is 11.8 Å². The van der Waals surface area contributed by atoms with Crippen molar-refractivity contribution in [2.24, 2.45) is 11.8 Å². The maximum absolute atomic E-state index is 11.6. The van der Waals surface area contributed by atoms with Crippen molar-refractivity contribution in [3.63, 3.8) is 0 Å². The van der Waals surface area contributed by atoms with Crippen LogP contribution >= 0.6 is 0 Å². The van der Waals surface area contributed by atoms with E-state index in [9.17, 15) is 19.2 Å². The molecule has 0 N–H and O–H groups in total.